The van der Waals surface area contributed by atoms with E-state index in [4.69, 9.17) is 0 Å². The average molecular weight is 499 g/mol. The van der Waals surface area contributed by atoms with Crippen molar-refractivity contribution in [3.63, 3.8) is 0 Å². The maximum Gasteiger partial charge on any atom is 0.236 e. The van der Waals surface area contributed by atoms with Gasteiger partial charge in [-0.3, -0.25) is 9.69 Å². The third kappa shape index (κ3) is 4.65. The maximum absolute atomic E-state index is 12.7. The van der Waals surface area contributed by atoms with E-state index in [1.807, 2.05) is 4.52 Å². The van der Waals surface area contributed by atoms with Gasteiger partial charge in [0, 0.05) is 35.8 Å². The second kappa shape index (κ2) is 9.93. The zero-order valence-electron chi connectivity index (χ0n) is 22.3. The van der Waals surface area contributed by atoms with Crippen LogP contribution >= 0.6 is 0 Å². The Kier molecular flexibility index (Phi) is 6.49. The molecule has 0 atom stereocenters. The van der Waals surface area contributed by atoms with Crippen LogP contribution in [0, 0.1) is 6.92 Å². The number of rotatable bonds is 5. The van der Waals surface area contributed by atoms with Crippen LogP contribution in [0.25, 0.3) is 27.8 Å². The van der Waals surface area contributed by atoms with Gasteiger partial charge in [0.25, 0.3) is 0 Å². The standard InChI is InChI=1S/C30H38N6O/c1-20(2)28-25-16-23(22-9-13-34(14-10-22)18-27(37)35-11-5-4-6-12-35)7-8-26(25)33-29(28)24-15-21(3)30-31-19-32-36(30)17-24/h7-8,15-17,19-20,22,33H,4-6,9-14,18H2,1-3H3. The van der Waals surface area contributed by atoms with Gasteiger partial charge in [0.15, 0.2) is 5.65 Å². The molecule has 0 spiro atoms. The van der Waals surface area contributed by atoms with E-state index in [0.29, 0.717) is 24.3 Å². The van der Waals surface area contributed by atoms with Crippen LogP contribution in [-0.2, 0) is 4.79 Å². The van der Waals surface area contributed by atoms with Gasteiger partial charge in [0.05, 0.1) is 12.2 Å². The van der Waals surface area contributed by atoms with E-state index in [1.54, 1.807) is 6.33 Å². The van der Waals surface area contributed by atoms with Crippen molar-refractivity contribution < 1.29 is 4.79 Å². The van der Waals surface area contributed by atoms with Crippen molar-refractivity contribution in [3.8, 4) is 11.3 Å². The monoisotopic (exact) mass is 498 g/mol. The number of nitrogens with zero attached hydrogens (tertiary/aromatic N) is 5. The van der Waals surface area contributed by atoms with E-state index in [9.17, 15) is 4.79 Å². The molecule has 0 aliphatic carbocycles. The first-order valence-electron chi connectivity index (χ1n) is 13.9. The normalized spacial score (nSPS) is 17.9. The summed E-state index contributed by atoms with van der Waals surface area (Å²) in [4.78, 5) is 25.3. The Labute approximate surface area is 218 Å². The number of pyridine rings is 1. The van der Waals surface area contributed by atoms with E-state index in [1.165, 1.54) is 34.1 Å². The number of carbonyl (C=O) groups excluding carboxylic acids is 1. The SMILES string of the molecule is Cc1cc(-c2[nH]c3ccc(C4CCN(CC(=O)N5CCCCC5)CC4)cc3c2C(C)C)cn2ncnc12. The lowest BCUT2D eigenvalue weighted by molar-refractivity contribution is -0.133. The first-order valence-corrected chi connectivity index (χ1v) is 13.9. The number of benzene rings is 1. The van der Waals surface area contributed by atoms with Crippen molar-refractivity contribution >= 4 is 22.5 Å². The number of piperidine rings is 2. The minimum absolute atomic E-state index is 0.320. The zero-order valence-corrected chi connectivity index (χ0v) is 22.3. The fourth-order valence-corrected chi connectivity index (χ4v) is 6.40. The van der Waals surface area contributed by atoms with Gasteiger partial charge in [-0.15, -0.1) is 0 Å². The van der Waals surface area contributed by atoms with Gasteiger partial charge in [-0.25, -0.2) is 9.50 Å². The number of likely N-dealkylation sites (tertiary alicyclic amines) is 2. The number of H-pyrrole nitrogens is 1. The Morgan fingerprint density at radius 1 is 1.08 bits per heavy atom. The van der Waals surface area contributed by atoms with E-state index < -0.39 is 0 Å². The summed E-state index contributed by atoms with van der Waals surface area (Å²) in [7, 11) is 0. The number of carbonyl (C=O) groups is 1. The number of fused-ring (bicyclic) bond motifs is 2. The van der Waals surface area contributed by atoms with E-state index in [-0.39, 0.29) is 0 Å². The summed E-state index contributed by atoms with van der Waals surface area (Å²) in [6, 6.07) is 9.19. The second-order valence-electron chi connectivity index (χ2n) is 11.3. The van der Waals surface area contributed by atoms with Crippen LogP contribution in [0.3, 0.4) is 0 Å². The topological polar surface area (TPSA) is 69.5 Å². The molecule has 7 nitrogen and oxygen atoms in total. The molecule has 5 heterocycles. The summed E-state index contributed by atoms with van der Waals surface area (Å²) >= 11 is 0. The van der Waals surface area contributed by atoms with Crippen LogP contribution < -0.4 is 0 Å². The minimum Gasteiger partial charge on any atom is -0.354 e. The predicted octanol–water partition coefficient (Wildman–Crippen LogP) is 5.50. The second-order valence-corrected chi connectivity index (χ2v) is 11.3. The molecule has 2 aliphatic heterocycles. The van der Waals surface area contributed by atoms with Gasteiger partial charge in [0.1, 0.15) is 6.33 Å². The summed E-state index contributed by atoms with van der Waals surface area (Å²) in [6.45, 7) is 11.1. The van der Waals surface area contributed by atoms with Crippen LogP contribution in [0.5, 0.6) is 0 Å². The lowest BCUT2D eigenvalue weighted by Gasteiger charge is -2.34. The summed E-state index contributed by atoms with van der Waals surface area (Å²) in [6.07, 6.45) is 9.48. The summed E-state index contributed by atoms with van der Waals surface area (Å²) in [5, 5.41) is 5.70. The van der Waals surface area contributed by atoms with E-state index in [2.05, 4.69) is 76.1 Å². The molecule has 6 rings (SSSR count). The van der Waals surface area contributed by atoms with Gasteiger partial charge in [-0.2, -0.15) is 5.10 Å². The van der Waals surface area contributed by atoms with Gasteiger partial charge < -0.3 is 9.88 Å². The summed E-state index contributed by atoms with van der Waals surface area (Å²) < 4.78 is 1.87. The highest BCUT2D eigenvalue weighted by molar-refractivity contribution is 5.92. The lowest BCUT2D eigenvalue weighted by atomic mass is 9.87. The van der Waals surface area contributed by atoms with Crippen molar-refractivity contribution in [1.29, 1.82) is 0 Å². The molecular weight excluding hydrogens is 460 g/mol. The molecule has 0 radical (unpaired) electrons. The third-order valence-corrected chi connectivity index (χ3v) is 8.41. The largest absolute Gasteiger partial charge is 0.354 e. The molecule has 2 aliphatic rings. The highest BCUT2D eigenvalue weighted by Crippen LogP contribution is 2.38. The smallest absolute Gasteiger partial charge is 0.236 e. The van der Waals surface area contributed by atoms with Crippen LogP contribution in [0.2, 0.25) is 0 Å². The fourth-order valence-electron chi connectivity index (χ4n) is 6.40. The average Bonchev–Trinajstić information content (AvgIpc) is 3.54. The Bertz CT molecular complexity index is 1420. The molecule has 0 bridgehead atoms. The number of aryl methyl sites for hydroxylation is 1. The lowest BCUT2D eigenvalue weighted by Crippen LogP contribution is -2.44. The van der Waals surface area contributed by atoms with Gasteiger partial charge in [-0.05, 0) is 98.8 Å². The van der Waals surface area contributed by atoms with Crippen molar-refractivity contribution in [2.24, 2.45) is 0 Å². The molecule has 1 amide bonds. The van der Waals surface area contributed by atoms with Crippen LogP contribution in [0.15, 0.2) is 36.8 Å². The number of aromatic nitrogens is 4. The molecule has 2 fully saturated rings. The van der Waals surface area contributed by atoms with Crippen molar-refractivity contribution in [3.05, 3.63) is 53.5 Å². The molecule has 4 aromatic rings. The first-order chi connectivity index (χ1) is 18.0. The number of nitrogens with one attached hydrogen (secondary N) is 1. The van der Waals surface area contributed by atoms with Crippen molar-refractivity contribution in [2.45, 2.75) is 64.7 Å². The van der Waals surface area contributed by atoms with Gasteiger partial charge in [-0.1, -0.05) is 19.9 Å². The van der Waals surface area contributed by atoms with Crippen molar-refractivity contribution in [2.75, 3.05) is 32.7 Å². The third-order valence-electron chi connectivity index (χ3n) is 8.41. The Morgan fingerprint density at radius 2 is 1.86 bits per heavy atom. The minimum atomic E-state index is 0.320. The Balaban J connectivity index is 1.22. The predicted molar refractivity (Wildman–Crippen MR) is 148 cm³/mol. The fraction of sp³-hybridized carbons (Fsp3) is 0.500. The summed E-state index contributed by atoms with van der Waals surface area (Å²) in [5.41, 5.74) is 8.30. The molecule has 2 saturated heterocycles. The van der Waals surface area contributed by atoms with Crippen LogP contribution in [0.1, 0.15) is 74.5 Å². The number of amides is 1. The molecule has 1 aromatic carbocycles. The number of hydrogen-bond donors (Lipinski definition) is 1. The molecule has 194 valence electrons. The molecule has 0 unspecified atom stereocenters. The number of aromatic amines is 1. The van der Waals surface area contributed by atoms with E-state index in [0.717, 1.165) is 68.6 Å². The maximum atomic E-state index is 12.7. The van der Waals surface area contributed by atoms with Gasteiger partial charge in [0.2, 0.25) is 5.91 Å². The molecule has 0 saturated carbocycles. The van der Waals surface area contributed by atoms with Gasteiger partial charge >= 0.3 is 0 Å². The van der Waals surface area contributed by atoms with Crippen molar-refractivity contribution in [1.82, 2.24) is 29.4 Å². The van der Waals surface area contributed by atoms with E-state index >= 15 is 0 Å². The summed E-state index contributed by atoms with van der Waals surface area (Å²) in [5.74, 6) is 1.24. The highest BCUT2D eigenvalue weighted by atomic mass is 16.2. The van der Waals surface area contributed by atoms with Crippen LogP contribution in [-0.4, -0.2) is 68.0 Å². The molecule has 37 heavy (non-hydrogen) atoms. The number of hydrogen-bond acceptors (Lipinski definition) is 4. The molecule has 7 heteroatoms. The molecule has 1 N–H and O–H groups in total. The molecule has 3 aromatic heterocycles. The Hall–Kier alpha value is -3.19. The zero-order chi connectivity index (χ0) is 25.5. The molecular formula is C30H38N6O. The first kappa shape index (κ1) is 24.2. The Morgan fingerprint density at radius 3 is 2.62 bits per heavy atom. The van der Waals surface area contributed by atoms with Crippen LogP contribution in [0.4, 0.5) is 0 Å². The highest BCUT2D eigenvalue weighted by Gasteiger charge is 2.26. The quantitative estimate of drug-likeness (QED) is 0.394.